The number of hydrogen-bond donors (Lipinski definition) is 0. The first-order valence-corrected chi connectivity index (χ1v) is 4.48. The SMILES string of the molecule is Cc1ccc(-c2nccc(C)n2)cn1. The highest BCUT2D eigenvalue weighted by Gasteiger charge is 2.00. The Hall–Kier alpha value is -1.77. The van der Waals surface area contributed by atoms with Gasteiger partial charge in [-0.1, -0.05) is 0 Å². The van der Waals surface area contributed by atoms with Crippen LogP contribution in [-0.4, -0.2) is 15.0 Å². The average molecular weight is 185 g/mol. The molecule has 3 nitrogen and oxygen atoms in total. The largest absolute Gasteiger partial charge is 0.261 e. The van der Waals surface area contributed by atoms with Gasteiger partial charge in [0.25, 0.3) is 0 Å². The van der Waals surface area contributed by atoms with Crippen molar-refractivity contribution < 1.29 is 0 Å². The summed E-state index contributed by atoms with van der Waals surface area (Å²) in [6.07, 6.45) is 3.56. The smallest absolute Gasteiger partial charge is 0.160 e. The first-order valence-electron chi connectivity index (χ1n) is 4.48. The molecule has 14 heavy (non-hydrogen) atoms. The predicted octanol–water partition coefficient (Wildman–Crippen LogP) is 2.16. The van der Waals surface area contributed by atoms with Crippen LogP contribution in [0.15, 0.2) is 30.6 Å². The number of hydrogen-bond acceptors (Lipinski definition) is 3. The number of pyridine rings is 1. The summed E-state index contributed by atoms with van der Waals surface area (Å²) in [4.78, 5) is 12.7. The number of nitrogens with zero attached hydrogens (tertiary/aromatic N) is 3. The fraction of sp³-hybridized carbons (Fsp3) is 0.182. The van der Waals surface area contributed by atoms with Crippen molar-refractivity contribution in [2.75, 3.05) is 0 Å². The van der Waals surface area contributed by atoms with Crippen molar-refractivity contribution in [1.29, 1.82) is 0 Å². The van der Waals surface area contributed by atoms with E-state index in [1.807, 2.05) is 32.0 Å². The zero-order valence-electron chi connectivity index (χ0n) is 8.23. The van der Waals surface area contributed by atoms with E-state index in [-0.39, 0.29) is 0 Å². The van der Waals surface area contributed by atoms with Crippen molar-refractivity contribution in [2.24, 2.45) is 0 Å². The molecule has 2 rings (SSSR count). The van der Waals surface area contributed by atoms with Crippen LogP contribution >= 0.6 is 0 Å². The van der Waals surface area contributed by atoms with E-state index >= 15 is 0 Å². The minimum Gasteiger partial charge on any atom is -0.261 e. The third-order valence-corrected chi connectivity index (χ3v) is 1.96. The van der Waals surface area contributed by atoms with Crippen LogP contribution in [0, 0.1) is 13.8 Å². The van der Waals surface area contributed by atoms with Crippen LogP contribution in [0.4, 0.5) is 0 Å². The molecule has 0 aliphatic rings. The summed E-state index contributed by atoms with van der Waals surface area (Å²) in [5, 5.41) is 0. The summed E-state index contributed by atoms with van der Waals surface area (Å²) in [7, 11) is 0. The highest BCUT2D eigenvalue weighted by Crippen LogP contribution is 2.12. The number of rotatable bonds is 1. The van der Waals surface area contributed by atoms with Crippen LogP contribution in [0.2, 0.25) is 0 Å². The van der Waals surface area contributed by atoms with Gasteiger partial charge in [-0.05, 0) is 32.0 Å². The van der Waals surface area contributed by atoms with E-state index in [0.29, 0.717) is 0 Å². The third-order valence-electron chi connectivity index (χ3n) is 1.96. The molecule has 0 aliphatic heterocycles. The molecule has 0 spiro atoms. The van der Waals surface area contributed by atoms with Gasteiger partial charge in [0, 0.05) is 29.3 Å². The molecule has 70 valence electrons. The summed E-state index contributed by atoms with van der Waals surface area (Å²) in [6.45, 7) is 3.91. The van der Waals surface area contributed by atoms with E-state index in [4.69, 9.17) is 0 Å². The first-order chi connectivity index (χ1) is 6.75. The van der Waals surface area contributed by atoms with Crippen LogP contribution in [0.5, 0.6) is 0 Å². The van der Waals surface area contributed by atoms with E-state index < -0.39 is 0 Å². The van der Waals surface area contributed by atoms with Gasteiger partial charge in [0.15, 0.2) is 5.82 Å². The molecule has 0 saturated carbocycles. The van der Waals surface area contributed by atoms with Gasteiger partial charge in [-0.15, -0.1) is 0 Å². The highest BCUT2D eigenvalue weighted by molar-refractivity contribution is 5.53. The van der Waals surface area contributed by atoms with E-state index in [0.717, 1.165) is 22.8 Å². The Bertz CT molecular complexity index is 435. The molecule has 0 bridgehead atoms. The number of aryl methyl sites for hydroxylation is 2. The topological polar surface area (TPSA) is 38.7 Å². The summed E-state index contributed by atoms with van der Waals surface area (Å²) in [5.74, 6) is 0.734. The van der Waals surface area contributed by atoms with Gasteiger partial charge in [0.05, 0.1) is 0 Å². The Morgan fingerprint density at radius 2 is 1.79 bits per heavy atom. The lowest BCUT2D eigenvalue weighted by atomic mass is 10.2. The summed E-state index contributed by atoms with van der Waals surface area (Å²) in [5.41, 5.74) is 2.93. The molecule has 2 heterocycles. The standard InChI is InChI=1S/C11H11N3/c1-8-3-4-10(7-13-8)11-12-6-5-9(2)14-11/h3-7H,1-2H3. The third kappa shape index (κ3) is 1.76. The second kappa shape index (κ2) is 3.54. The van der Waals surface area contributed by atoms with Crippen LogP contribution in [0.3, 0.4) is 0 Å². The van der Waals surface area contributed by atoms with Crippen LogP contribution < -0.4 is 0 Å². The van der Waals surface area contributed by atoms with Gasteiger partial charge < -0.3 is 0 Å². The zero-order chi connectivity index (χ0) is 9.97. The van der Waals surface area contributed by atoms with Gasteiger partial charge >= 0.3 is 0 Å². The summed E-state index contributed by atoms with van der Waals surface area (Å²) >= 11 is 0. The molecule has 0 amide bonds. The summed E-state index contributed by atoms with van der Waals surface area (Å²) < 4.78 is 0. The Morgan fingerprint density at radius 3 is 2.43 bits per heavy atom. The summed E-state index contributed by atoms with van der Waals surface area (Å²) in [6, 6.07) is 5.82. The Balaban J connectivity index is 2.44. The fourth-order valence-electron chi connectivity index (χ4n) is 1.19. The Labute approximate surface area is 82.9 Å². The molecular weight excluding hydrogens is 174 g/mol. The molecule has 0 atom stereocenters. The monoisotopic (exact) mass is 185 g/mol. The van der Waals surface area contributed by atoms with Crippen molar-refractivity contribution in [2.45, 2.75) is 13.8 Å². The predicted molar refractivity (Wildman–Crippen MR) is 54.7 cm³/mol. The molecule has 3 heteroatoms. The molecular formula is C11H11N3. The maximum Gasteiger partial charge on any atom is 0.160 e. The van der Waals surface area contributed by atoms with Gasteiger partial charge in [-0.2, -0.15) is 0 Å². The van der Waals surface area contributed by atoms with Crippen molar-refractivity contribution in [3.8, 4) is 11.4 Å². The van der Waals surface area contributed by atoms with Crippen molar-refractivity contribution in [1.82, 2.24) is 15.0 Å². The van der Waals surface area contributed by atoms with E-state index in [1.165, 1.54) is 0 Å². The lowest BCUT2D eigenvalue weighted by molar-refractivity contribution is 1.10. The minimum atomic E-state index is 0.734. The molecule has 0 aromatic carbocycles. The average Bonchev–Trinajstić information content (AvgIpc) is 2.19. The minimum absolute atomic E-state index is 0.734. The molecule has 0 unspecified atom stereocenters. The maximum absolute atomic E-state index is 4.32. The van der Waals surface area contributed by atoms with Gasteiger partial charge in [-0.25, -0.2) is 9.97 Å². The zero-order valence-corrected chi connectivity index (χ0v) is 8.23. The lowest BCUT2D eigenvalue weighted by Gasteiger charge is -2.00. The normalized spacial score (nSPS) is 10.1. The molecule has 2 aromatic heterocycles. The molecule has 0 radical (unpaired) electrons. The molecule has 0 aliphatic carbocycles. The fourth-order valence-corrected chi connectivity index (χ4v) is 1.19. The van der Waals surface area contributed by atoms with Gasteiger partial charge in [0.2, 0.25) is 0 Å². The second-order valence-corrected chi connectivity index (χ2v) is 3.21. The van der Waals surface area contributed by atoms with Crippen LogP contribution in [0.1, 0.15) is 11.4 Å². The quantitative estimate of drug-likeness (QED) is 0.683. The Morgan fingerprint density at radius 1 is 0.929 bits per heavy atom. The first kappa shape index (κ1) is 8.81. The van der Waals surface area contributed by atoms with Crippen molar-refractivity contribution >= 4 is 0 Å². The molecule has 0 fully saturated rings. The van der Waals surface area contributed by atoms with Crippen molar-refractivity contribution in [3.63, 3.8) is 0 Å². The highest BCUT2D eigenvalue weighted by atomic mass is 14.9. The molecule has 0 saturated heterocycles. The van der Waals surface area contributed by atoms with E-state index in [2.05, 4.69) is 15.0 Å². The van der Waals surface area contributed by atoms with Crippen LogP contribution in [0.25, 0.3) is 11.4 Å². The molecule has 2 aromatic rings. The van der Waals surface area contributed by atoms with Crippen molar-refractivity contribution in [3.05, 3.63) is 42.0 Å². The van der Waals surface area contributed by atoms with E-state index in [9.17, 15) is 0 Å². The molecule has 0 N–H and O–H groups in total. The van der Waals surface area contributed by atoms with E-state index in [1.54, 1.807) is 12.4 Å². The lowest BCUT2D eigenvalue weighted by Crippen LogP contribution is -1.91. The number of aromatic nitrogens is 3. The van der Waals surface area contributed by atoms with Gasteiger partial charge in [-0.3, -0.25) is 4.98 Å². The maximum atomic E-state index is 4.32. The van der Waals surface area contributed by atoms with Crippen LogP contribution in [-0.2, 0) is 0 Å². The van der Waals surface area contributed by atoms with Gasteiger partial charge in [0.1, 0.15) is 0 Å². The second-order valence-electron chi connectivity index (χ2n) is 3.21. The Kier molecular flexibility index (Phi) is 2.23.